The molecule has 1 heterocycles. The second-order valence-corrected chi connectivity index (χ2v) is 5.49. The quantitative estimate of drug-likeness (QED) is 0.886. The van der Waals surface area contributed by atoms with Crippen molar-refractivity contribution in [3.05, 3.63) is 35.4 Å². The summed E-state index contributed by atoms with van der Waals surface area (Å²) in [6.45, 7) is 3.48. The monoisotopic (exact) mass is 246 g/mol. The Balaban J connectivity index is 1.85. The van der Waals surface area contributed by atoms with Crippen molar-refractivity contribution in [2.45, 2.75) is 25.2 Å². The largest absolute Gasteiger partial charge is 0.481 e. The van der Waals surface area contributed by atoms with Crippen LogP contribution in [0.1, 0.15) is 24.5 Å². The number of aliphatic carboxylic acids is 1. The lowest BCUT2D eigenvalue weighted by molar-refractivity contribution is -0.140. The molecule has 2 atom stereocenters. The molecule has 1 saturated heterocycles. The Morgan fingerprint density at radius 2 is 2.06 bits per heavy atom. The van der Waals surface area contributed by atoms with Gasteiger partial charge in [0.1, 0.15) is 0 Å². The van der Waals surface area contributed by atoms with Crippen LogP contribution < -0.4 is 0 Å². The zero-order valence-electron chi connectivity index (χ0n) is 10.6. The summed E-state index contributed by atoms with van der Waals surface area (Å²) >= 11 is 0. The predicted molar refractivity (Wildman–Crippen MR) is 67.5 cm³/mol. The van der Waals surface area contributed by atoms with Gasteiger partial charge in [-0.05, 0) is 29.9 Å². The molecule has 0 radical (unpaired) electrons. The van der Waals surface area contributed by atoms with Gasteiger partial charge in [0.05, 0.1) is 19.1 Å². The van der Waals surface area contributed by atoms with Crippen LogP contribution in [0.5, 0.6) is 0 Å². The van der Waals surface area contributed by atoms with E-state index in [0.717, 1.165) is 12.8 Å². The fourth-order valence-corrected chi connectivity index (χ4v) is 3.07. The Kier molecular flexibility index (Phi) is 2.67. The molecular formula is C15H18O3. The Morgan fingerprint density at radius 3 is 2.44 bits per heavy atom. The molecule has 0 bridgehead atoms. The second-order valence-electron chi connectivity index (χ2n) is 5.49. The van der Waals surface area contributed by atoms with Crippen molar-refractivity contribution in [2.24, 2.45) is 11.8 Å². The van der Waals surface area contributed by atoms with Gasteiger partial charge in [0.25, 0.3) is 0 Å². The van der Waals surface area contributed by atoms with E-state index in [2.05, 4.69) is 31.2 Å². The lowest BCUT2D eigenvalue weighted by Crippen LogP contribution is -2.49. The molecule has 2 unspecified atom stereocenters. The van der Waals surface area contributed by atoms with Crippen LogP contribution in [0.3, 0.4) is 0 Å². The maximum atomic E-state index is 11.0. The third-order valence-electron chi connectivity index (χ3n) is 4.47. The zero-order chi connectivity index (χ0) is 12.8. The van der Waals surface area contributed by atoms with Gasteiger partial charge in [-0.2, -0.15) is 0 Å². The van der Waals surface area contributed by atoms with Crippen LogP contribution in [-0.2, 0) is 21.4 Å². The number of rotatable bonds is 4. The normalized spacial score (nSPS) is 28.5. The summed E-state index contributed by atoms with van der Waals surface area (Å²) in [5.74, 6) is -0.563. The van der Waals surface area contributed by atoms with E-state index in [0.29, 0.717) is 13.2 Å². The second kappa shape index (κ2) is 4.09. The van der Waals surface area contributed by atoms with Crippen LogP contribution in [0.2, 0.25) is 0 Å². The molecule has 18 heavy (non-hydrogen) atoms. The Bertz CT molecular complexity index is 459. The Hall–Kier alpha value is -1.35. The molecule has 0 spiro atoms. The molecule has 1 N–H and O–H groups in total. The van der Waals surface area contributed by atoms with Gasteiger partial charge >= 0.3 is 5.97 Å². The van der Waals surface area contributed by atoms with E-state index in [1.807, 2.05) is 0 Å². The van der Waals surface area contributed by atoms with Crippen molar-refractivity contribution in [3.8, 4) is 0 Å². The summed E-state index contributed by atoms with van der Waals surface area (Å²) in [7, 11) is 0. The number of carbonyl (C=O) groups is 1. The third kappa shape index (κ3) is 1.65. The van der Waals surface area contributed by atoms with Crippen molar-refractivity contribution in [3.63, 3.8) is 0 Å². The lowest BCUT2D eigenvalue weighted by atomic mass is 9.73. The van der Waals surface area contributed by atoms with Crippen molar-refractivity contribution < 1.29 is 14.6 Å². The minimum Gasteiger partial charge on any atom is -0.481 e. The van der Waals surface area contributed by atoms with Crippen LogP contribution in [0.15, 0.2) is 24.3 Å². The van der Waals surface area contributed by atoms with Crippen LogP contribution in [0.25, 0.3) is 0 Å². The lowest BCUT2D eigenvalue weighted by Gasteiger charge is -2.43. The first kappa shape index (κ1) is 11.7. The number of benzene rings is 1. The van der Waals surface area contributed by atoms with Gasteiger partial charge in [-0.15, -0.1) is 0 Å². The molecule has 1 aliphatic heterocycles. The molecule has 1 aromatic rings. The molecule has 96 valence electrons. The number of hydrogen-bond acceptors (Lipinski definition) is 2. The first-order valence-corrected chi connectivity index (χ1v) is 6.57. The minimum atomic E-state index is -0.656. The van der Waals surface area contributed by atoms with Crippen molar-refractivity contribution >= 4 is 5.97 Å². The summed E-state index contributed by atoms with van der Waals surface area (Å²) < 4.78 is 5.39. The Morgan fingerprint density at radius 1 is 1.39 bits per heavy atom. The maximum absolute atomic E-state index is 11.0. The first-order chi connectivity index (χ1) is 8.67. The predicted octanol–water partition coefficient (Wildman–Crippen LogP) is 2.24. The summed E-state index contributed by atoms with van der Waals surface area (Å²) in [5.41, 5.74) is 2.54. The van der Waals surface area contributed by atoms with Crippen molar-refractivity contribution in [2.75, 3.05) is 13.2 Å². The molecule has 2 fully saturated rings. The molecule has 2 aliphatic rings. The van der Waals surface area contributed by atoms with Crippen LogP contribution >= 0.6 is 0 Å². The molecule has 0 aromatic heterocycles. The van der Waals surface area contributed by atoms with E-state index >= 15 is 0 Å². The van der Waals surface area contributed by atoms with E-state index in [9.17, 15) is 4.79 Å². The highest BCUT2D eigenvalue weighted by molar-refractivity contribution is 5.74. The molecule has 3 heteroatoms. The van der Waals surface area contributed by atoms with Gasteiger partial charge in [0.2, 0.25) is 0 Å². The first-order valence-electron chi connectivity index (χ1n) is 6.57. The van der Waals surface area contributed by atoms with Gasteiger partial charge in [-0.3, -0.25) is 4.79 Å². The van der Waals surface area contributed by atoms with E-state index in [1.165, 1.54) is 11.1 Å². The molecule has 1 aliphatic carbocycles. The fraction of sp³-hybridized carbons (Fsp3) is 0.533. The van der Waals surface area contributed by atoms with Crippen molar-refractivity contribution in [1.29, 1.82) is 0 Å². The van der Waals surface area contributed by atoms with E-state index < -0.39 is 5.97 Å². The summed E-state index contributed by atoms with van der Waals surface area (Å²) in [5, 5.41) is 9.09. The topological polar surface area (TPSA) is 46.5 Å². The molecule has 3 rings (SSSR count). The average Bonchev–Trinajstić information content (AvgIpc) is 3.09. The zero-order valence-corrected chi connectivity index (χ0v) is 10.6. The molecule has 1 saturated carbocycles. The number of carboxylic acids is 1. The molecule has 0 amide bonds. The highest BCUT2D eigenvalue weighted by Gasteiger charge is 2.60. The SMILES string of the molecule is CCc1ccc(C2(C3CC3C(=O)O)COC2)cc1. The number of carboxylic acid groups (broad SMARTS) is 1. The van der Waals surface area contributed by atoms with Gasteiger partial charge in [0, 0.05) is 5.41 Å². The van der Waals surface area contributed by atoms with Crippen LogP contribution in [-0.4, -0.2) is 24.3 Å². The van der Waals surface area contributed by atoms with Crippen LogP contribution in [0.4, 0.5) is 0 Å². The van der Waals surface area contributed by atoms with Gasteiger partial charge < -0.3 is 9.84 Å². The van der Waals surface area contributed by atoms with E-state index in [1.54, 1.807) is 0 Å². The highest BCUT2D eigenvalue weighted by atomic mass is 16.5. The standard InChI is InChI=1S/C15H18O3/c1-2-10-3-5-11(6-4-10)15(8-18-9-15)13-7-12(13)14(16)17/h3-6,12-13H,2,7-9H2,1H3,(H,16,17). The average molecular weight is 246 g/mol. The smallest absolute Gasteiger partial charge is 0.306 e. The summed E-state index contributed by atoms with van der Waals surface area (Å²) in [6, 6.07) is 8.60. The number of hydrogen-bond donors (Lipinski definition) is 1. The molecule has 1 aromatic carbocycles. The number of aryl methyl sites for hydroxylation is 1. The third-order valence-corrected chi connectivity index (χ3v) is 4.47. The van der Waals surface area contributed by atoms with E-state index in [4.69, 9.17) is 9.84 Å². The van der Waals surface area contributed by atoms with E-state index in [-0.39, 0.29) is 17.3 Å². The summed E-state index contributed by atoms with van der Waals surface area (Å²) in [4.78, 5) is 11.0. The van der Waals surface area contributed by atoms with Gasteiger partial charge in [0.15, 0.2) is 0 Å². The van der Waals surface area contributed by atoms with Crippen molar-refractivity contribution in [1.82, 2.24) is 0 Å². The Labute approximate surface area is 107 Å². The minimum absolute atomic E-state index is 0.0324. The molecular weight excluding hydrogens is 228 g/mol. The van der Waals surface area contributed by atoms with Gasteiger partial charge in [-0.25, -0.2) is 0 Å². The number of ether oxygens (including phenoxy) is 1. The fourth-order valence-electron chi connectivity index (χ4n) is 3.07. The molecule has 3 nitrogen and oxygen atoms in total. The van der Waals surface area contributed by atoms with Gasteiger partial charge in [-0.1, -0.05) is 31.2 Å². The highest BCUT2D eigenvalue weighted by Crippen LogP contribution is 2.55. The summed E-state index contributed by atoms with van der Waals surface area (Å²) in [6.07, 6.45) is 1.83. The maximum Gasteiger partial charge on any atom is 0.306 e. The van der Waals surface area contributed by atoms with Crippen LogP contribution in [0, 0.1) is 11.8 Å².